The fourth-order valence-corrected chi connectivity index (χ4v) is 1.99. The molecule has 4 heteroatoms. The van der Waals surface area contributed by atoms with E-state index in [1.807, 2.05) is 6.92 Å². The highest BCUT2D eigenvalue weighted by Crippen LogP contribution is 2.17. The third-order valence-corrected chi connectivity index (χ3v) is 3.16. The van der Waals surface area contributed by atoms with Crippen LogP contribution in [0.1, 0.15) is 20.3 Å². The van der Waals surface area contributed by atoms with Gasteiger partial charge in [0.15, 0.2) is 0 Å². The molecule has 16 heavy (non-hydrogen) atoms. The molecule has 1 heterocycles. The lowest BCUT2D eigenvalue weighted by Crippen LogP contribution is -2.38. The molecule has 1 rings (SSSR count). The average molecular weight is 231 g/mol. The van der Waals surface area contributed by atoms with E-state index < -0.39 is 0 Å². The first-order chi connectivity index (χ1) is 7.77. The van der Waals surface area contributed by atoms with Crippen molar-refractivity contribution in [2.75, 3.05) is 46.1 Å². The minimum atomic E-state index is -0.260. The Labute approximate surface area is 98.5 Å². The molecule has 4 nitrogen and oxygen atoms in total. The van der Waals surface area contributed by atoms with Crippen LogP contribution in [0.25, 0.3) is 0 Å². The van der Waals surface area contributed by atoms with Gasteiger partial charge in [-0.3, -0.25) is 4.90 Å². The molecule has 0 aromatic rings. The molecule has 1 aliphatic heterocycles. The molecule has 1 saturated heterocycles. The van der Waals surface area contributed by atoms with Gasteiger partial charge in [-0.2, -0.15) is 0 Å². The molecule has 0 saturated carbocycles. The quantitative estimate of drug-likeness (QED) is 0.626. The number of ether oxygens (including phenoxy) is 2. The summed E-state index contributed by atoms with van der Waals surface area (Å²) in [6.07, 6.45) is 0.730. The minimum Gasteiger partial charge on any atom is -0.391 e. The molecule has 1 N–H and O–H groups in total. The number of aliphatic hydroxyl groups excluding tert-OH is 1. The van der Waals surface area contributed by atoms with E-state index in [0.717, 1.165) is 45.9 Å². The molecule has 0 aromatic heterocycles. The van der Waals surface area contributed by atoms with Crippen LogP contribution in [-0.4, -0.2) is 62.2 Å². The van der Waals surface area contributed by atoms with Crippen molar-refractivity contribution in [2.24, 2.45) is 5.92 Å². The Kier molecular flexibility index (Phi) is 6.96. The molecule has 0 radical (unpaired) electrons. The predicted octanol–water partition coefficient (Wildman–Crippen LogP) is 0.742. The third kappa shape index (κ3) is 4.78. The predicted molar refractivity (Wildman–Crippen MR) is 63.5 cm³/mol. The zero-order valence-electron chi connectivity index (χ0n) is 10.5. The van der Waals surface area contributed by atoms with Crippen LogP contribution in [0.3, 0.4) is 0 Å². The number of rotatable bonds is 8. The molecule has 0 aliphatic carbocycles. The first-order valence-electron chi connectivity index (χ1n) is 6.33. The monoisotopic (exact) mass is 231 g/mol. The molecular weight excluding hydrogens is 206 g/mol. The molecule has 2 unspecified atom stereocenters. The summed E-state index contributed by atoms with van der Waals surface area (Å²) in [5.74, 6) is 0.321. The van der Waals surface area contributed by atoms with E-state index in [1.54, 1.807) is 0 Å². The SMILES string of the molecule is CCOCCN(CC)CC(O)C1CCOC1. The van der Waals surface area contributed by atoms with Gasteiger partial charge in [-0.25, -0.2) is 0 Å². The molecule has 1 fully saturated rings. The average Bonchev–Trinajstić information content (AvgIpc) is 2.81. The highest BCUT2D eigenvalue weighted by atomic mass is 16.5. The molecule has 1 aliphatic rings. The van der Waals surface area contributed by atoms with Gasteiger partial charge in [-0.1, -0.05) is 6.92 Å². The zero-order valence-corrected chi connectivity index (χ0v) is 10.5. The topological polar surface area (TPSA) is 41.9 Å². The van der Waals surface area contributed by atoms with E-state index in [2.05, 4.69) is 11.8 Å². The summed E-state index contributed by atoms with van der Waals surface area (Å²) in [5, 5.41) is 10.0. The van der Waals surface area contributed by atoms with Crippen LogP contribution in [-0.2, 0) is 9.47 Å². The smallest absolute Gasteiger partial charge is 0.0718 e. The summed E-state index contributed by atoms with van der Waals surface area (Å²) in [6, 6.07) is 0. The molecule has 0 amide bonds. The van der Waals surface area contributed by atoms with Gasteiger partial charge in [-0.15, -0.1) is 0 Å². The molecular formula is C12H25NO3. The van der Waals surface area contributed by atoms with E-state index in [4.69, 9.17) is 9.47 Å². The lowest BCUT2D eigenvalue weighted by atomic mass is 10.0. The van der Waals surface area contributed by atoms with Gasteiger partial charge in [0, 0.05) is 32.2 Å². The summed E-state index contributed by atoms with van der Waals surface area (Å²) in [5.41, 5.74) is 0. The van der Waals surface area contributed by atoms with Crippen molar-refractivity contribution in [1.82, 2.24) is 4.90 Å². The van der Waals surface area contributed by atoms with Gasteiger partial charge in [0.2, 0.25) is 0 Å². The van der Waals surface area contributed by atoms with Crippen molar-refractivity contribution in [1.29, 1.82) is 0 Å². The fourth-order valence-electron chi connectivity index (χ4n) is 1.99. The Morgan fingerprint density at radius 3 is 2.88 bits per heavy atom. The van der Waals surface area contributed by atoms with Gasteiger partial charge >= 0.3 is 0 Å². The van der Waals surface area contributed by atoms with Gasteiger partial charge in [0.1, 0.15) is 0 Å². The van der Waals surface area contributed by atoms with E-state index in [9.17, 15) is 5.11 Å². The highest BCUT2D eigenvalue weighted by Gasteiger charge is 2.25. The summed E-state index contributed by atoms with van der Waals surface area (Å²) >= 11 is 0. The molecule has 2 atom stereocenters. The van der Waals surface area contributed by atoms with Crippen LogP contribution in [0, 0.1) is 5.92 Å². The third-order valence-electron chi connectivity index (χ3n) is 3.16. The first-order valence-corrected chi connectivity index (χ1v) is 6.33. The summed E-state index contributed by atoms with van der Waals surface area (Å²) in [6.45, 7) is 9.72. The van der Waals surface area contributed by atoms with Crippen molar-refractivity contribution >= 4 is 0 Å². The molecule has 96 valence electrons. The Bertz CT molecular complexity index is 172. The largest absolute Gasteiger partial charge is 0.391 e. The molecule has 0 spiro atoms. The van der Waals surface area contributed by atoms with Crippen LogP contribution in [0.2, 0.25) is 0 Å². The molecule has 0 bridgehead atoms. The first kappa shape index (κ1) is 13.9. The maximum absolute atomic E-state index is 10.0. The second-order valence-electron chi connectivity index (χ2n) is 4.28. The van der Waals surface area contributed by atoms with E-state index in [1.165, 1.54) is 0 Å². The van der Waals surface area contributed by atoms with Crippen LogP contribution in [0.5, 0.6) is 0 Å². The van der Waals surface area contributed by atoms with Gasteiger partial charge in [-0.05, 0) is 19.9 Å². The number of nitrogens with zero attached hydrogens (tertiary/aromatic N) is 1. The van der Waals surface area contributed by atoms with Crippen LogP contribution in [0.15, 0.2) is 0 Å². The standard InChI is InChI=1S/C12H25NO3/c1-3-13(6-8-15-4-2)9-12(14)11-5-7-16-10-11/h11-12,14H,3-10H2,1-2H3. The molecule has 0 aromatic carbocycles. The maximum atomic E-state index is 10.0. The lowest BCUT2D eigenvalue weighted by molar-refractivity contribution is 0.0441. The van der Waals surface area contributed by atoms with Crippen molar-refractivity contribution in [3.05, 3.63) is 0 Å². The van der Waals surface area contributed by atoms with Crippen molar-refractivity contribution in [3.63, 3.8) is 0 Å². The van der Waals surface area contributed by atoms with Crippen molar-refractivity contribution in [2.45, 2.75) is 26.4 Å². The zero-order chi connectivity index (χ0) is 11.8. The Morgan fingerprint density at radius 2 is 2.31 bits per heavy atom. The van der Waals surface area contributed by atoms with Crippen LogP contribution < -0.4 is 0 Å². The second-order valence-corrected chi connectivity index (χ2v) is 4.28. The Balaban J connectivity index is 2.19. The van der Waals surface area contributed by atoms with Crippen LogP contribution in [0.4, 0.5) is 0 Å². The normalized spacial score (nSPS) is 22.9. The summed E-state index contributed by atoms with van der Waals surface area (Å²) in [4.78, 5) is 2.23. The second kappa shape index (κ2) is 8.01. The Hall–Kier alpha value is -0.160. The lowest BCUT2D eigenvalue weighted by Gasteiger charge is -2.25. The van der Waals surface area contributed by atoms with Crippen molar-refractivity contribution in [3.8, 4) is 0 Å². The summed E-state index contributed by atoms with van der Waals surface area (Å²) in [7, 11) is 0. The Morgan fingerprint density at radius 1 is 1.50 bits per heavy atom. The van der Waals surface area contributed by atoms with E-state index >= 15 is 0 Å². The van der Waals surface area contributed by atoms with Gasteiger partial charge in [0.05, 0.1) is 19.3 Å². The number of aliphatic hydroxyl groups is 1. The number of hydrogen-bond acceptors (Lipinski definition) is 4. The van der Waals surface area contributed by atoms with Crippen molar-refractivity contribution < 1.29 is 14.6 Å². The minimum absolute atomic E-state index is 0.260. The fraction of sp³-hybridized carbons (Fsp3) is 1.00. The van der Waals surface area contributed by atoms with Gasteiger partial charge < -0.3 is 14.6 Å². The summed E-state index contributed by atoms with van der Waals surface area (Å²) < 4.78 is 10.6. The van der Waals surface area contributed by atoms with Crippen LogP contribution >= 0.6 is 0 Å². The maximum Gasteiger partial charge on any atom is 0.0718 e. The number of likely N-dealkylation sites (N-methyl/N-ethyl adjacent to an activating group) is 1. The van der Waals surface area contributed by atoms with Gasteiger partial charge in [0.25, 0.3) is 0 Å². The number of hydrogen-bond donors (Lipinski definition) is 1. The van der Waals surface area contributed by atoms with E-state index in [-0.39, 0.29) is 6.10 Å². The highest BCUT2D eigenvalue weighted by molar-refractivity contribution is 4.75. The van der Waals surface area contributed by atoms with E-state index in [0.29, 0.717) is 12.5 Å².